The van der Waals surface area contributed by atoms with Crippen molar-refractivity contribution < 1.29 is 14.6 Å². The highest BCUT2D eigenvalue weighted by atomic mass is 16.5. The molecule has 0 aliphatic heterocycles. The molecule has 1 aromatic heterocycles. The second kappa shape index (κ2) is 7.48. The van der Waals surface area contributed by atoms with E-state index in [0.717, 1.165) is 16.8 Å². The Balaban J connectivity index is 1.61. The molecule has 0 bridgehead atoms. The summed E-state index contributed by atoms with van der Waals surface area (Å²) >= 11 is 0. The van der Waals surface area contributed by atoms with E-state index in [1.165, 1.54) is 18.1 Å². The summed E-state index contributed by atoms with van der Waals surface area (Å²) in [6.07, 6.45) is 1.69. The number of nitrogens with one attached hydrogen (secondary N) is 1. The number of benzene rings is 3. The average molecular weight is 372 g/mol. The van der Waals surface area contributed by atoms with E-state index in [2.05, 4.69) is 35.4 Å². The van der Waals surface area contributed by atoms with Crippen LogP contribution in [0.2, 0.25) is 0 Å². The van der Waals surface area contributed by atoms with Crippen LogP contribution < -0.4 is 14.8 Å². The molecule has 140 valence electrons. The number of phenolic OH excluding ortho intramolecular Hbond substituents is 1. The van der Waals surface area contributed by atoms with E-state index in [4.69, 9.17) is 9.47 Å². The van der Waals surface area contributed by atoms with Crippen molar-refractivity contribution in [3.63, 3.8) is 0 Å². The molecule has 0 saturated carbocycles. The number of aromatic nitrogens is 1. The van der Waals surface area contributed by atoms with Crippen LogP contribution in [-0.2, 0) is 0 Å². The van der Waals surface area contributed by atoms with E-state index >= 15 is 0 Å². The highest BCUT2D eigenvalue weighted by Crippen LogP contribution is 2.33. The number of aryl methyl sites for hydroxylation is 1. The fourth-order valence-corrected chi connectivity index (χ4v) is 3.08. The van der Waals surface area contributed by atoms with Crippen LogP contribution in [0.5, 0.6) is 23.0 Å². The average Bonchev–Trinajstić information content (AvgIpc) is 2.72. The Morgan fingerprint density at radius 3 is 2.54 bits per heavy atom. The van der Waals surface area contributed by atoms with E-state index in [1.54, 1.807) is 24.4 Å². The number of ether oxygens (including phenoxy) is 2. The zero-order valence-corrected chi connectivity index (χ0v) is 15.6. The molecule has 0 atom stereocenters. The van der Waals surface area contributed by atoms with Gasteiger partial charge in [-0.25, -0.2) is 4.98 Å². The van der Waals surface area contributed by atoms with Crippen molar-refractivity contribution in [3.05, 3.63) is 78.5 Å². The third-order valence-electron chi connectivity index (χ3n) is 4.51. The minimum absolute atomic E-state index is 0.0874. The van der Waals surface area contributed by atoms with E-state index < -0.39 is 0 Å². The van der Waals surface area contributed by atoms with Crippen molar-refractivity contribution >= 4 is 22.3 Å². The molecular weight excluding hydrogens is 352 g/mol. The summed E-state index contributed by atoms with van der Waals surface area (Å²) in [5.41, 5.74) is 1.96. The standard InChI is InChI=1S/C23H20N2O3/c1-15-7-10-21(19-6-4-3-5-18(15)19)28-17-11-12-24-23(14-17)25-16-8-9-20(26)22(13-16)27-2/h3-14,26H,1-2H3,(H,24,25). The van der Waals surface area contributed by atoms with Crippen molar-refractivity contribution in [3.8, 4) is 23.0 Å². The summed E-state index contributed by atoms with van der Waals surface area (Å²) in [6, 6.07) is 20.9. The van der Waals surface area contributed by atoms with Crippen LogP contribution in [0.15, 0.2) is 72.9 Å². The first-order chi connectivity index (χ1) is 13.6. The van der Waals surface area contributed by atoms with E-state index in [-0.39, 0.29) is 5.75 Å². The quantitative estimate of drug-likeness (QED) is 0.434. The Labute approximate surface area is 163 Å². The maximum absolute atomic E-state index is 9.73. The Morgan fingerprint density at radius 2 is 1.71 bits per heavy atom. The van der Waals surface area contributed by atoms with Gasteiger partial charge in [0.2, 0.25) is 0 Å². The van der Waals surface area contributed by atoms with Gasteiger partial charge in [-0.1, -0.05) is 30.3 Å². The Morgan fingerprint density at radius 1 is 0.893 bits per heavy atom. The number of fused-ring (bicyclic) bond motifs is 1. The van der Waals surface area contributed by atoms with Crippen LogP contribution in [0.25, 0.3) is 10.8 Å². The lowest BCUT2D eigenvalue weighted by Crippen LogP contribution is -1.95. The van der Waals surface area contributed by atoms with Crippen molar-refractivity contribution in [2.24, 2.45) is 0 Å². The summed E-state index contributed by atoms with van der Waals surface area (Å²) in [4.78, 5) is 4.34. The number of methoxy groups -OCH3 is 1. The maximum Gasteiger partial charge on any atom is 0.162 e. The normalized spacial score (nSPS) is 10.6. The van der Waals surface area contributed by atoms with Gasteiger partial charge in [0.05, 0.1) is 7.11 Å². The molecule has 0 aliphatic carbocycles. The molecule has 4 rings (SSSR count). The van der Waals surface area contributed by atoms with E-state index in [9.17, 15) is 5.11 Å². The zero-order chi connectivity index (χ0) is 19.5. The molecular formula is C23H20N2O3. The molecule has 0 radical (unpaired) electrons. The number of hydrogen-bond donors (Lipinski definition) is 2. The second-order valence-electron chi connectivity index (χ2n) is 6.42. The van der Waals surface area contributed by atoms with Gasteiger partial charge < -0.3 is 19.9 Å². The van der Waals surface area contributed by atoms with Crippen molar-refractivity contribution in [2.45, 2.75) is 6.92 Å². The van der Waals surface area contributed by atoms with Gasteiger partial charge in [-0.15, -0.1) is 0 Å². The summed E-state index contributed by atoms with van der Waals surface area (Å²) in [5, 5.41) is 15.2. The highest BCUT2D eigenvalue weighted by molar-refractivity contribution is 5.91. The first-order valence-electron chi connectivity index (χ1n) is 8.90. The van der Waals surface area contributed by atoms with Gasteiger partial charge in [0, 0.05) is 29.4 Å². The van der Waals surface area contributed by atoms with Gasteiger partial charge in [-0.3, -0.25) is 0 Å². The molecule has 28 heavy (non-hydrogen) atoms. The van der Waals surface area contributed by atoms with Crippen LogP contribution in [0, 0.1) is 6.92 Å². The van der Waals surface area contributed by atoms with Crippen LogP contribution >= 0.6 is 0 Å². The van der Waals surface area contributed by atoms with Gasteiger partial charge >= 0.3 is 0 Å². The predicted octanol–water partition coefficient (Wildman–Crippen LogP) is 5.79. The number of pyridine rings is 1. The lowest BCUT2D eigenvalue weighted by atomic mass is 10.0. The number of aromatic hydroxyl groups is 1. The molecule has 0 aliphatic rings. The molecule has 0 fully saturated rings. The number of rotatable bonds is 5. The number of anilines is 2. The van der Waals surface area contributed by atoms with E-state index in [1.807, 2.05) is 30.3 Å². The van der Waals surface area contributed by atoms with Crippen LogP contribution in [0.1, 0.15) is 5.56 Å². The van der Waals surface area contributed by atoms with Crippen LogP contribution in [0.4, 0.5) is 11.5 Å². The Kier molecular flexibility index (Phi) is 4.72. The monoisotopic (exact) mass is 372 g/mol. The first-order valence-corrected chi connectivity index (χ1v) is 8.90. The van der Waals surface area contributed by atoms with Crippen LogP contribution in [-0.4, -0.2) is 17.2 Å². The first kappa shape index (κ1) is 17.7. The topological polar surface area (TPSA) is 63.6 Å². The molecule has 0 amide bonds. The van der Waals surface area contributed by atoms with Crippen molar-refractivity contribution in [1.29, 1.82) is 0 Å². The Hall–Kier alpha value is -3.73. The highest BCUT2D eigenvalue weighted by Gasteiger charge is 2.08. The lowest BCUT2D eigenvalue weighted by Gasteiger charge is -2.12. The zero-order valence-electron chi connectivity index (χ0n) is 15.6. The smallest absolute Gasteiger partial charge is 0.162 e. The largest absolute Gasteiger partial charge is 0.504 e. The fraction of sp³-hybridized carbons (Fsp3) is 0.0870. The third-order valence-corrected chi connectivity index (χ3v) is 4.51. The van der Waals surface area contributed by atoms with E-state index in [0.29, 0.717) is 17.3 Å². The second-order valence-corrected chi connectivity index (χ2v) is 6.42. The number of nitrogens with zero attached hydrogens (tertiary/aromatic N) is 1. The molecule has 0 unspecified atom stereocenters. The third kappa shape index (κ3) is 3.55. The van der Waals surface area contributed by atoms with Gasteiger partial charge in [-0.05, 0) is 42.1 Å². The van der Waals surface area contributed by atoms with Gasteiger partial charge in [0.15, 0.2) is 11.5 Å². The van der Waals surface area contributed by atoms with Crippen molar-refractivity contribution in [1.82, 2.24) is 4.98 Å². The molecule has 0 spiro atoms. The predicted molar refractivity (Wildman–Crippen MR) is 111 cm³/mol. The lowest BCUT2D eigenvalue weighted by molar-refractivity contribution is 0.374. The SMILES string of the molecule is COc1cc(Nc2cc(Oc3ccc(C)c4ccccc34)ccn2)ccc1O. The summed E-state index contributed by atoms with van der Waals surface area (Å²) < 4.78 is 11.3. The minimum Gasteiger partial charge on any atom is -0.504 e. The molecule has 1 heterocycles. The molecule has 4 aromatic rings. The fourth-order valence-electron chi connectivity index (χ4n) is 3.08. The number of phenols is 1. The van der Waals surface area contributed by atoms with Crippen molar-refractivity contribution in [2.75, 3.05) is 12.4 Å². The van der Waals surface area contributed by atoms with Crippen LogP contribution in [0.3, 0.4) is 0 Å². The van der Waals surface area contributed by atoms with Gasteiger partial charge in [0.1, 0.15) is 17.3 Å². The number of hydrogen-bond acceptors (Lipinski definition) is 5. The summed E-state index contributed by atoms with van der Waals surface area (Å²) in [5.74, 6) is 2.58. The maximum atomic E-state index is 9.73. The summed E-state index contributed by atoms with van der Waals surface area (Å²) in [6.45, 7) is 2.09. The summed E-state index contributed by atoms with van der Waals surface area (Å²) in [7, 11) is 1.51. The molecule has 5 nitrogen and oxygen atoms in total. The van der Waals surface area contributed by atoms with Gasteiger partial charge in [-0.2, -0.15) is 0 Å². The molecule has 2 N–H and O–H groups in total. The Bertz CT molecular complexity index is 1140. The molecule has 3 aromatic carbocycles. The van der Waals surface area contributed by atoms with Gasteiger partial charge in [0.25, 0.3) is 0 Å². The molecule has 0 saturated heterocycles. The molecule has 5 heteroatoms. The minimum atomic E-state index is 0.0874.